The summed E-state index contributed by atoms with van der Waals surface area (Å²) in [6, 6.07) is 73.5. The van der Waals surface area contributed by atoms with Crippen LogP contribution in [0.2, 0.25) is 0 Å². The third-order valence-electron chi connectivity index (χ3n) is 13.3. The van der Waals surface area contributed by atoms with Crippen LogP contribution in [-0.2, 0) is 10.8 Å². The zero-order chi connectivity index (χ0) is 42.3. The lowest BCUT2D eigenvalue weighted by atomic mass is 9.80. The minimum atomic E-state index is 0.0495. The van der Waals surface area contributed by atoms with Crippen LogP contribution >= 0.6 is 0 Å². The van der Waals surface area contributed by atoms with E-state index in [4.69, 9.17) is 0 Å². The maximum atomic E-state index is 2.50. The summed E-state index contributed by atoms with van der Waals surface area (Å²) in [5, 5.41) is 15.1. The van der Waals surface area contributed by atoms with Gasteiger partial charge in [-0.05, 0) is 155 Å². The topological polar surface area (TPSA) is 0 Å². The van der Waals surface area contributed by atoms with Gasteiger partial charge in [0.15, 0.2) is 0 Å². The first-order chi connectivity index (χ1) is 30.0. The van der Waals surface area contributed by atoms with E-state index in [1.807, 2.05) is 0 Å². The molecule has 0 saturated carbocycles. The molecule has 0 atom stereocenters. The maximum Gasteiger partial charge on any atom is -0.00203 e. The minimum Gasteiger partial charge on any atom is -0.0616 e. The Hall–Kier alpha value is -7.02. The lowest BCUT2D eigenvalue weighted by Crippen LogP contribution is -2.10. The average molecular weight is 795 g/mol. The second-order valence-electron chi connectivity index (χ2n) is 19.3. The summed E-state index contributed by atoms with van der Waals surface area (Å²) in [4.78, 5) is 0. The van der Waals surface area contributed by atoms with Gasteiger partial charge in [0.25, 0.3) is 0 Å². The number of hydrogen-bond donors (Lipinski definition) is 0. The van der Waals surface area contributed by atoms with Crippen molar-refractivity contribution in [3.8, 4) is 44.5 Å². The first-order valence-corrected chi connectivity index (χ1v) is 22.1. The second kappa shape index (κ2) is 14.3. The van der Waals surface area contributed by atoms with Crippen molar-refractivity contribution in [1.82, 2.24) is 0 Å². The molecule has 11 rings (SSSR count). The Labute approximate surface area is 365 Å². The fourth-order valence-electron chi connectivity index (χ4n) is 10.1. The molecule has 0 aliphatic carbocycles. The second-order valence-corrected chi connectivity index (χ2v) is 19.3. The first kappa shape index (κ1) is 37.9. The molecule has 0 bridgehead atoms. The highest BCUT2D eigenvalue weighted by Gasteiger charge is 2.23. The van der Waals surface area contributed by atoms with Crippen molar-refractivity contribution < 1.29 is 0 Å². The van der Waals surface area contributed by atoms with Crippen LogP contribution in [0.3, 0.4) is 0 Å². The molecule has 298 valence electrons. The Morgan fingerprint density at radius 1 is 0.226 bits per heavy atom. The van der Waals surface area contributed by atoms with E-state index in [1.54, 1.807) is 0 Å². The summed E-state index contributed by atoms with van der Waals surface area (Å²) in [6.45, 7) is 13.8. The zero-order valence-corrected chi connectivity index (χ0v) is 36.5. The van der Waals surface area contributed by atoms with Crippen molar-refractivity contribution in [2.24, 2.45) is 0 Å². The summed E-state index contributed by atoms with van der Waals surface area (Å²) < 4.78 is 0. The zero-order valence-electron chi connectivity index (χ0n) is 36.5. The Morgan fingerprint density at radius 2 is 0.516 bits per heavy atom. The standard InChI is InChI=1S/C62H50/c1-61(2,3)47-29-23-39(24-30-47)59-53-33-27-45(57-49-19-11-7-15-41(49)35-42-16-8-12-20-50(42)57)37-55(53)56-38-46(28-34-54(56)60(59)40-25-31-48(32-26-40)62(4,5)6)58-51-21-13-9-17-43(51)36-44-18-10-14-22-52(44)58/h7-38H,1-6H3. The van der Waals surface area contributed by atoms with Crippen molar-refractivity contribution >= 4 is 64.6 Å². The average Bonchev–Trinajstić information content (AvgIpc) is 3.28. The predicted molar refractivity (Wildman–Crippen MR) is 271 cm³/mol. The quantitative estimate of drug-likeness (QED) is 0.123. The van der Waals surface area contributed by atoms with Gasteiger partial charge in [-0.3, -0.25) is 0 Å². The molecule has 0 radical (unpaired) electrons. The van der Waals surface area contributed by atoms with Gasteiger partial charge in [-0.15, -0.1) is 0 Å². The molecule has 0 saturated heterocycles. The molecule has 0 nitrogen and oxygen atoms in total. The number of rotatable bonds is 4. The van der Waals surface area contributed by atoms with Gasteiger partial charge in [-0.25, -0.2) is 0 Å². The molecule has 0 aromatic heterocycles. The molecule has 0 heteroatoms. The minimum absolute atomic E-state index is 0.0495. The molecule has 11 aromatic rings. The van der Waals surface area contributed by atoms with Crippen molar-refractivity contribution in [3.63, 3.8) is 0 Å². The third-order valence-corrected chi connectivity index (χ3v) is 13.3. The molecule has 0 unspecified atom stereocenters. The summed E-state index contributed by atoms with van der Waals surface area (Å²) in [7, 11) is 0. The Kier molecular flexibility index (Phi) is 8.74. The van der Waals surface area contributed by atoms with E-state index in [2.05, 4.69) is 236 Å². The van der Waals surface area contributed by atoms with E-state index in [9.17, 15) is 0 Å². The summed E-state index contributed by atoms with van der Waals surface area (Å²) in [6.07, 6.45) is 0. The van der Waals surface area contributed by atoms with Crippen LogP contribution in [0.1, 0.15) is 52.7 Å². The van der Waals surface area contributed by atoms with Crippen LogP contribution in [0.25, 0.3) is 109 Å². The van der Waals surface area contributed by atoms with Gasteiger partial charge in [0.05, 0.1) is 0 Å². The number of benzene rings is 11. The van der Waals surface area contributed by atoms with Gasteiger partial charge in [-0.2, -0.15) is 0 Å². The molecule has 0 amide bonds. The van der Waals surface area contributed by atoms with Gasteiger partial charge in [0, 0.05) is 0 Å². The van der Waals surface area contributed by atoms with E-state index in [-0.39, 0.29) is 10.8 Å². The molecule has 0 aliphatic rings. The Balaban J connectivity index is 1.30. The highest BCUT2D eigenvalue weighted by molar-refractivity contribution is 6.25. The van der Waals surface area contributed by atoms with Crippen molar-refractivity contribution in [1.29, 1.82) is 0 Å². The summed E-state index contributed by atoms with van der Waals surface area (Å²) in [5.41, 5.74) is 12.8. The van der Waals surface area contributed by atoms with Gasteiger partial charge in [0.1, 0.15) is 0 Å². The molecule has 0 N–H and O–H groups in total. The van der Waals surface area contributed by atoms with Gasteiger partial charge < -0.3 is 0 Å². The van der Waals surface area contributed by atoms with E-state index < -0.39 is 0 Å². The predicted octanol–water partition coefficient (Wildman–Crippen LogP) is 17.9. The molecule has 62 heavy (non-hydrogen) atoms. The van der Waals surface area contributed by atoms with Gasteiger partial charge in [-0.1, -0.05) is 211 Å². The van der Waals surface area contributed by atoms with Crippen LogP contribution in [-0.4, -0.2) is 0 Å². The highest BCUT2D eigenvalue weighted by atomic mass is 14.3. The molecule has 0 heterocycles. The largest absolute Gasteiger partial charge is 0.0616 e. The lowest BCUT2D eigenvalue weighted by Gasteiger charge is -2.23. The fraction of sp³-hybridized carbons (Fsp3) is 0.129. The fourth-order valence-corrected chi connectivity index (χ4v) is 10.1. The molecule has 11 aromatic carbocycles. The van der Waals surface area contributed by atoms with E-state index >= 15 is 0 Å². The van der Waals surface area contributed by atoms with Gasteiger partial charge >= 0.3 is 0 Å². The van der Waals surface area contributed by atoms with Crippen LogP contribution < -0.4 is 0 Å². The number of hydrogen-bond acceptors (Lipinski definition) is 0. The number of fused-ring (bicyclic) bond motifs is 7. The van der Waals surface area contributed by atoms with Crippen LogP contribution in [0, 0.1) is 0 Å². The molecular weight excluding hydrogens is 745 g/mol. The van der Waals surface area contributed by atoms with Crippen molar-refractivity contribution in [3.05, 3.63) is 205 Å². The van der Waals surface area contributed by atoms with Gasteiger partial charge in [0.2, 0.25) is 0 Å². The van der Waals surface area contributed by atoms with Crippen molar-refractivity contribution in [2.45, 2.75) is 52.4 Å². The molecular formula is C62H50. The first-order valence-electron chi connectivity index (χ1n) is 22.1. The van der Waals surface area contributed by atoms with E-state index in [0.717, 1.165) is 0 Å². The Bertz CT molecular complexity index is 3200. The molecule has 0 spiro atoms. The highest BCUT2D eigenvalue weighted by Crippen LogP contribution is 2.49. The molecule has 0 fully saturated rings. The smallest absolute Gasteiger partial charge is 0.00203 e. The summed E-state index contributed by atoms with van der Waals surface area (Å²) >= 11 is 0. The van der Waals surface area contributed by atoms with E-state index in [1.165, 1.54) is 120 Å². The third kappa shape index (κ3) is 6.28. The Morgan fingerprint density at radius 3 is 0.823 bits per heavy atom. The van der Waals surface area contributed by atoms with Crippen molar-refractivity contribution in [2.75, 3.05) is 0 Å². The SMILES string of the molecule is CC(C)(C)c1ccc(-c2c(-c3ccc(C(C)(C)C)cc3)c3ccc(-c4c5ccccc5cc5ccccc45)cc3c3cc(-c4c5ccccc5cc5ccccc45)ccc23)cc1. The van der Waals surface area contributed by atoms with Crippen LogP contribution in [0.5, 0.6) is 0 Å². The van der Waals surface area contributed by atoms with E-state index in [0.29, 0.717) is 0 Å². The van der Waals surface area contributed by atoms with Crippen LogP contribution in [0.4, 0.5) is 0 Å². The molecule has 0 aliphatic heterocycles. The summed E-state index contributed by atoms with van der Waals surface area (Å²) in [5.74, 6) is 0. The lowest BCUT2D eigenvalue weighted by molar-refractivity contribution is 0.590. The normalized spacial score (nSPS) is 12.4. The monoisotopic (exact) mass is 794 g/mol. The van der Waals surface area contributed by atoms with Crippen LogP contribution in [0.15, 0.2) is 194 Å². The maximum absolute atomic E-state index is 2.50.